The van der Waals surface area contributed by atoms with Gasteiger partial charge < -0.3 is 0 Å². The van der Waals surface area contributed by atoms with Gasteiger partial charge >= 0.3 is 0 Å². The Morgan fingerprint density at radius 2 is 1.28 bits per heavy atom. The van der Waals surface area contributed by atoms with Gasteiger partial charge in [0, 0.05) is 10.3 Å². The maximum atomic E-state index is 2.54. The molecule has 1 heterocycles. The molecule has 0 N–H and O–H groups in total. The minimum absolute atomic E-state index is 0.279. The Morgan fingerprint density at radius 3 is 1.90 bits per heavy atom. The summed E-state index contributed by atoms with van der Waals surface area (Å²) in [6.45, 7) is 4.62. The molecule has 1 aliphatic rings. The van der Waals surface area contributed by atoms with E-state index in [1.807, 2.05) is 11.3 Å². The molecule has 2 heteroatoms. The average Bonchev–Trinajstić information content (AvgIpc) is 3.23. The van der Waals surface area contributed by atoms with E-state index in [0.29, 0.717) is 0 Å². The summed E-state index contributed by atoms with van der Waals surface area (Å²) in [5.74, 6) is 0. The number of hydrogen-bond acceptors (Lipinski definition) is 1. The van der Waals surface area contributed by atoms with Crippen molar-refractivity contribution in [2.75, 3.05) is 0 Å². The van der Waals surface area contributed by atoms with Crippen LogP contribution < -0.4 is 0 Å². The van der Waals surface area contributed by atoms with Crippen molar-refractivity contribution in [1.29, 1.82) is 0 Å². The molecule has 0 bridgehead atoms. The average molecular weight is 523 g/mol. The predicted molar refractivity (Wildman–Crippen MR) is 139 cm³/mol. The molecule has 2 aromatic rings. The van der Waals surface area contributed by atoms with E-state index in [2.05, 4.69) is 66.8 Å². The van der Waals surface area contributed by atoms with Crippen molar-refractivity contribution in [1.82, 2.24) is 0 Å². The van der Waals surface area contributed by atoms with Crippen molar-refractivity contribution >= 4 is 33.9 Å². The molecule has 1 aromatic heterocycles. The zero-order chi connectivity index (χ0) is 20.5. The number of hydrogen-bond donors (Lipinski definition) is 0. The lowest BCUT2D eigenvalue weighted by molar-refractivity contribution is 0.398. The Bertz CT molecular complexity index is 729. The number of thiophene rings is 1. The number of halogens is 1. The zero-order valence-corrected chi connectivity index (χ0v) is 21.5. The van der Waals surface area contributed by atoms with Crippen molar-refractivity contribution < 1.29 is 0 Å². The summed E-state index contributed by atoms with van der Waals surface area (Å²) in [5.41, 5.74) is 5.11. The molecule has 0 saturated heterocycles. The van der Waals surface area contributed by atoms with Gasteiger partial charge in [-0.25, -0.2) is 0 Å². The second-order valence-corrected chi connectivity index (χ2v) is 11.9. The maximum Gasteiger partial charge on any atom is 0.0663 e. The van der Waals surface area contributed by atoms with Crippen molar-refractivity contribution in [3.05, 3.63) is 44.3 Å². The second kappa shape index (κ2) is 11.9. The van der Waals surface area contributed by atoms with Crippen LogP contribution in [0.25, 0.3) is 10.4 Å². The highest BCUT2D eigenvalue weighted by molar-refractivity contribution is 14.1. The maximum absolute atomic E-state index is 2.54. The Hall–Kier alpha value is -0.350. The van der Waals surface area contributed by atoms with Crippen molar-refractivity contribution in [3.8, 4) is 10.4 Å². The van der Waals surface area contributed by atoms with E-state index >= 15 is 0 Å². The number of rotatable bonds is 14. The summed E-state index contributed by atoms with van der Waals surface area (Å²) < 4.78 is 1.46. The van der Waals surface area contributed by atoms with Gasteiger partial charge in [-0.05, 0) is 58.2 Å². The van der Waals surface area contributed by atoms with Crippen LogP contribution >= 0.6 is 33.9 Å². The molecule has 1 aromatic carbocycles. The molecule has 0 amide bonds. The fourth-order valence-electron chi connectivity index (χ4n) is 5.24. The van der Waals surface area contributed by atoms with Crippen LogP contribution in [0.4, 0.5) is 0 Å². The molecular weight excluding hydrogens is 483 g/mol. The molecular formula is C27H39IS. The van der Waals surface area contributed by atoms with Gasteiger partial charge in [-0.2, -0.15) is 0 Å². The molecule has 0 atom stereocenters. The molecule has 0 aliphatic heterocycles. The van der Waals surface area contributed by atoms with Gasteiger partial charge in [-0.3, -0.25) is 0 Å². The van der Waals surface area contributed by atoms with Crippen molar-refractivity contribution in [2.24, 2.45) is 0 Å². The Labute approximate surface area is 197 Å². The summed E-state index contributed by atoms with van der Waals surface area (Å²) in [7, 11) is 0. The predicted octanol–water partition coefficient (Wildman–Crippen LogP) is 10.1. The molecule has 160 valence electrons. The standard InChI is InChI=1S/C27H39IS/c1-3-5-7-9-11-15-19-27(20-16-12-10-8-6-4-2)23-18-14-13-17-22(23)26-24(27)21-25(28)29-26/h13-14,17-18,21H,3-12,15-16,19-20H2,1-2H3. The first-order valence-electron chi connectivity index (χ1n) is 12.1. The van der Waals surface area contributed by atoms with Gasteiger partial charge in [0.1, 0.15) is 0 Å². The summed E-state index contributed by atoms with van der Waals surface area (Å²) in [4.78, 5) is 1.57. The highest BCUT2D eigenvalue weighted by Gasteiger charge is 2.43. The topological polar surface area (TPSA) is 0 Å². The fourth-order valence-corrected chi connectivity index (χ4v) is 7.23. The van der Waals surface area contributed by atoms with E-state index in [0.717, 1.165) is 0 Å². The molecule has 0 radical (unpaired) electrons. The normalized spacial score (nSPS) is 14.2. The highest BCUT2D eigenvalue weighted by atomic mass is 127. The number of unbranched alkanes of at least 4 members (excludes halogenated alkanes) is 10. The van der Waals surface area contributed by atoms with Crippen LogP contribution in [-0.2, 0) is 5.41 Å². The second-order valence-electron chi connectivity index (χ2n) is 8.96. The third-order valence-corrected chi connectivity index (χ3v) is 8.75. The van der Waals surface area contributed by atoms with Gasteiger partial charge in [0.2, 0.25) is 0 Å². The SMILES string of the molecule is CCCCCCCCC1(CCCCCCCC)c2ccccc2-c2sc(I)cc21. The Morgan fingerprint density at radius 1 is 0.724 bits per heavy atom. The summed E-state index contributed by atoms with van der Waals surface area (Å²) in [6, 6.07) is 11.9. The fraction of sp³-hybridized carbons (Fsp3) is 0.630. The minimum Gasteiger partial charge on any atom is -0.129 e. The zero-order valence-electron chi connectivity index (χ0n) is 18.6. The van der Waals surface area contributed by atoms with Crippen molar-refractivity contribution in [2.45, 2.75) is 109 Å². The van der Waals surface area contributed by atoms with Crippen LogP contribution in [0, 0.1) is 2.88 Å². The van der Waals surface area contributed by atoms with Crippen LogP contribution in [0.5, 0.6) is 0 Å². The third kappa shape index (κ3) is 5.67. The third-order valence-electron chi connectivity index (χ3n) is 6.82. The lowest BCUT2D eigenvalue weighted by atomic mass is 9.71. The minimum atomic E-state index is 0.279. The van der Waals surface area contributed by atoms with Gasteiger partial charge in [0.25, 0.3) is 0 Å². The molecule has 0 nitrogen and oxygen atoms in total. The summed E-state index contributed by atoms with van der Waals surface area (Å²) in [6.07, 6.45) is 19.4. The van der Waals surface area contributed by atoms with Crippen LogP contribution in [0.1, 0.15) is 115 Å². The summed E-state index contributed by atoms with van der Waals surface area (Å²) >= 11 is 4.55. The first kappa shape index (κ1) is 23.3. The van der Waals surface area contributed by atoms with E-state index in [9.17, 15) is 0 Å². The van der Waals surface area contributed by atoms with E-state index < -0.39 is 0 Å². The lowest BCUT2D eigenvalue weighted by Gasteiger charge is -2.32. The summed E-state index contributed by atoms with van der Waals surface area (Å²) in [5, 5.41) is 0. The monoisotopic (exact) mass is 522 g/mol. The van der Waals surface area contributed by atoms with Crippen LogP contribution in [0.15, 0.2) is 30.3 Å². The van der Waals surface area contributed by atoms with Crippen LogP contribution in [0.2, 0.25) is 0 Å². The quantitative estimate of drug-likeness (QED) is 0.171. The van der Waals surface area contributed by atoms with E-state index in [1.165, 1.54) is 98.3 Å². The molecule has 0 unspecified atom stereocenters. The highest BCUT2D eigenvalue weighted by Crippen LogP contribution is 2.57. The first-order chi connectivity index (χ1) is 14.2. The largest absolute Gasteiger partial charge is 0.129 e. The number of fused-ring (bicyclic) bond motifs is 3. The van der Waals surface area contributed by atoms with E-state index in [1.54, 1.807) is 16.0 Å². The molecule has 29 heavy (non-hydrogen) atoms. The van der Waals surface area contributed by atoms with Gasteiger partial charge in [-0.15, -0.1) is 11.3 Å². The first-order valence-corrected chi connectivity index (χ1v) is 14.0. The Balaban J connectivity index is 1.75. The Kier molecular flexibility index (Phi) is 9.55. The molecule has 3 rings (SSSR count). The van der Waals surface area contributed by atoms with E-state index in [4.69, 9.17) is 0 Å². The van der Waals surface area contributed by atoms with Gasteiger partial charge in [0.05, 0.1) is 2.88 Å². The van der Waals surface area contributed by atoms with E-state index in [-0.39, 0.29) is 5.41 Å². The molecule has 1 aliphatic carbocycles. The van der Waals surface area contributed by atoms with Crippen LogP contribution in [-0.4, -0.2) is 0 Å². The van der Waals surface area contributed by atoms with Crippen molar-refractivity contribution in [3.63, 3.8) is 0 Å². The van der Waals surface area contributed by atoms with Gasteiger partial charge in [0.15, 0.2) is 0 Å². The smallest absolute Gasteiger partial charge is 0.0663 e. The molecule has 0 fully saturated rings. The lowest BCUT2D eigenvalue weighted by Crippen LogP contribution is -2.25. The molecule has 0 spiro atoms. The van der Waals surface area contributed by atoms with Gasteiger partial charge in [-0.1, -0.05) is 115 Å². The number of benzene rings is 1. The van der Waals surface area contributed by atoms with Crippen LogP contribution in [0.3, 0.4) is 0 Å². The molecule has 0 saturated carbocycles.